The van der Waals surface area contributed by atoms with Gasteiger partial charge in [0.1, 0.15) is 5.71 Å². The number of nitrogens with zero attached hydrogens (tertiary/aromatic N) is 4. The molecule has 27 heavy (non-hydrogen) atoms. The van der Waals surface area contributed by atoms with E-state index in [0.717, 1.165) is 19.1 Å². The zero-order chi connectivity index (χ0) is 20.4. The number of anilines is 1. The predicted molar refractivity (Wildman–Crippen MR) is 78.9 cm³/mol. The molecule has 1 fully saturated rings. The summed E-state index contributed by atoms with van der Waals surface area (Å²) in [6, 6.07) is 0.856. The number of hydrogen-bond donors (Lipinski definition) is 0. The third kappa shape index (κ3) is 2.70. The fourth-order valence-corrected chi connectivity index (χ4v) is 2.88. The van der Waals surface area contributed by atoms with Gasteiger partial charge in [0.25, 0.3) is 5.91 Å². The number of rotatable bonds is 1. The molecule has 1 aromatic rings. The molecule has 0 bridgehead atoms. The second-order valence-corrected chi connectivity index (χ2v) is 6.04. The standard InChI is InChI=1S/C15H8F6N4O2/c1-13-6-10(15(19,20)21)23-25(13)12(27)24(11(13)26)7-3-4-9(22-2)8(5-7)14(16,17)18/h3-5H,6H2,1H3/t13-/m0/s1. The first-order valence-electron chi connectivity index (χ1n) is 7.23. The van der Waals surface area contributed by atoms with Gasteiger partial charge < -0.3 is 0 Å². The van der Waals surface area contributed by atoms with Crippen LogP contribution in [-0.2, 0) is 11.0 Å². The van der Waals surface area contributed by atoms with Crippen molar-refractivity contribution >= 4 is 29.0 Å². The summed E-state index contributed by atoms with van der Waals surface area (Å²) in [6.45, 7) is 7.83. The number of benzene rings is 1. The first-order valence-corrected chi connectivity index (χ1v) is 7.23. The molecule has 3 amide bonds. The third-order valence-corrected chi connectivity index (χ3v) is 4.23. The molecule has 0 spiro atoms. The highest BCUT2D eigenvalue weighted by Crippen LogP contribution is 2.44. The monoisotopic (exact) mass is 390 g/mol. The van der Waals surface area contributed by atoms with Crippen LogP contribution in [0.15, 0.2) is 23.3 Å². The lowest BCUT2D eigenvalue weighted by Crippen LogP contribution is -2.43. The van der Waals surface area contributed by atoms with Gasteiger partial charge >= 0.3 is 18.4 Å². The lowest BCUT2D eigenvalue weighted by Gasteiger charge is -2.20. The molecule has 0 N–H and O–H groups in total. The van der Waals surface area contributed by atoms with Crippen LogP contribution < -0.4 is 4.90 Å². The maximum atomic E-state index is 13.1. The van der Waals surface area contributed by atoms with Crippen LogP contribution in [-0.4, -0.2) is 34.4 Å². The van der Waals surface area contributed by atoms with Crippen LogP contribution in [0.2, 0.25) is 0 Å². The highest BCUT2D eigenvalue weighted by atomic mass is 19.4. The minimum atomic E-state index is -4.93. The highest BCUT2D eigenvalue weighted by Gasteiger charge is 2.62. The molecule has 0 aliphatic carbocycles. The first kappa shape index (κ1) is 18.7. The van der Waals surface area contributed by atoms with E-state index in [9.17, 15) is 35.9 Å². The minimum absolute atomic E-state index is 0.328. The number of halogens is 6. The number of alkyl halides is 6. The Morgan fingerprint density at radius 1 is 1.15 bits per heavy atom. The van der Waals surface area contributed by atoms with Crippen LogP contribution in [0.5, 0.6) is 0 Å². The normalized spacial score (nSPS) is 22.8. The third-order valence-electron chi connectivity index (χ3n) is 4.23. The van der Waals surface area contributed by atoms with Gasteiger partial charge in [-0.2, -0.15) is 36.5 Å². The van der Waals surface area contributed by atoms with Crippen molar-refractivity contribution < 1.29 is 35.9 Å². The number of amides is 3. The Kier molecular flexibility index (Phi) is 3.77. The number of hydrogen-bond acceptors (Lipinski definition) is 3. The van der Waals surface area contributed by atoms with Crippen LogP contribution in [0.4, 0.5) is 42.5 Å². The quantitative estimate of drug-likeness (QED) is 0.412. The summed E-state index contributed by atoms with van der Waals surface area (Å²) in [7, 11) is 0. The number of carbonyl (C=O) groups is 2. The molecule has 2 heterocycles. The van der Waals surface area contributed by atoms with E-state index >= 15 is 0 Å². The van der Waals surface area contributed by atoms with Crippen LogP contribution >= 0.6 is 0 Å². The molecule has 6 nitrogen and oxygen atoms in total. The Morgan fingerprint density at radius 3 is 2.26 bits per heavy atom. The van der Waals surface area contributed by atoms with Gasteiger partial charge in [0.05, 0.1) is 17.8 Å². The Bertz CT molecular complexity index is 930. The largest absolute Gasteiger partial charge is 0.431 e. The van der Waals surface area contributed by atoms with E-state index in [-0.39, 0.29) is 0 Å². The van der Waals surface area contributed by atoms with Crippen LogP contribution in [0.25, 0.3) is 4.85 Å². The van der Waals surface area contributed by atoms with E-state index in [1.807, 2.05) is 0 Å². The Balaban J connectivity index is 2.07. The fraction of sp³-hybridized carbons (Fsp3) is 0.333. The van der Waals surface area contributed by atoms with Gasteiger partial charge in [-0.05, 0) is 19.1 Å². The number of fused-ring (bicyclic) bond motifs is 1. The van der Waals surface area contributed by atoms with Gasteiger partial charge in [-0.3, -0.25) is 4.79 Å². The smallest absolute Gasteiger partial charge is 0.271 e. The Labute approximate surface area is 147 Å². The molecule has 0 unspecified atom stereocenters. The number of hydrazone groups is 1. The van der Waals surface area contributed by atoms with E-state index < -0.39 is 58.9 Å². The van der Waals surface area contributed by atoms with Gasteiger partial charge in [0.15, 0.2) is 11.2 Å². The zero-order valence-corrected chi connectivity index (χ0v) is 13.3. The van der Waals surface area contributed by atoms with Gasteiger partial charge in [-0.1, -0.05) is 6.07 Å². The van der Waals surface area contributed by atoms with Crippen molar-refractivity contribution in [3.05, 3.63) is 35.2 Å². The van der Waals surface area contributed by atoms with Crippen molar-refractivity contribution in [3.8, 4) is 0 Å². The van der Waals surface area contributed by atoms with E-state index in [0.29, 0.717) is 16.0 Å². The van der Waals surface area contributed by atoms with Crippen molar-refractivity contribution in [2.75, 3.05) is 4.90 Å². The van der Waals surface area contributed by atoms with Crippen molar-refractivity contribution in [2.45, 2.75) is 31.2 Å². The van der Waals surface area contributed by atoms with Gasteiger partial charge in [0, 0.05) is 6.42 Å². The molecular formula is C15H8F6N4O2. The van der Waals surface area contributed by atoms with Crippen LogP contribution in [0.1, 0.15) is 18.9 Å². The molecule has 0 saturated carbocycles. The topological polar surface area (TPSA) is 57.3 Å². The SMILES string of the molecule is [C-]#[N+]c1ccc(N2C(=O)N3N=C(C(F)(F)F)C[C@@]3(C)C2=O)cc1C(F)(F)F. The average Bonchev–Trinajstić information content (AvgIpc) is 3.00. The maximum absolute atomic E-state index is 13.1. The zero-order valence-electron chi connectivity index (χ0n) is 13.3. The van der Waals surface area contributed by atoms with Crippen molar-refractivity contribution in [2.24, 2.45) is 5.10 Å². The maximum Gasteiger partial charge on any atom is 0.431 e. The van der Waals surface area contributed by atoms with Crippen molar-refractivity contribution in [1.82, 2.24) is 5.01 Å². The lowest BCUT2D eigenvalue weighted by molar-refractivity contribution is -0.137. The predicted octanol–water partition coefficient (Wildman–Crippen LogP) is 4.11. The summed E-state index contributed by atoms with van der Waals surface area (Å²) in [4.78, 5) is 28.1. The molecule has 1 atom stereocenters. The lowest BCUT2D eigenvalue weighted by atomic mass is 9.95. The van der Waals surface area contributed by atoms with Gasteiger partial charge in [0.2, 0.25) is 0 Å². The molecule has 0 aromatic heterocycles. The van der Waals surface area contributed by atoms with Crippen molar-refractivity contribution in [3.63, 3.8) is 0 Å². The molecule has 142 valence electrons. The van der Waals surface area contributed by atoms with Crippen LogP contribution in [0.3, 0.4) is 0 Å². The molecule has 2 aliphatic rings. The number of carbonyl (C=O) groups excluding carboxylic acids is 2. The van der Waals surface area contributed by atoms with E-state index in [1.165, 1.54) is 0 Å². The molecule has 1 aromatic carbocycles. The fourth-order valence-electron chi connectivity index (χ4n) is 2.88. The summed E-state index contributed by atoms with van der Waals surface area (Å²) < 4.78 is 77.8. The number of imide groups is 1. The van der Waals surface area contributed by atoms with E-state index in [1.54, 1.807) is 0 Å². The summed E-state index contributed by atoms with van der Waals surface area (Å²) in [6.07, 6.45) is -10.7. The Morgan fingerprint density at radius 2 is 1.78 bits per heavy atom. The van der Waals surface area contributed by atoms with Crippen LogP contribution in [0, 0.1) is 6.57 Å². The Hall–Kier alpha value is -3.10. The second-order valence-electron chi connectivity index (χ2n) is 6.04. The van der Waals surface area contributed by atoms with Gasteiger partial charge in [-0.25, -0.2) is 14.5 Å². The molecular weight excluding hydrogens is 382 g/mol. The van der Waals surface area contributed by atoms with E-state index in [4.69, 9.17) is 6.57 Å². The molecule has 2 aliphatic heterocycles. The van der Waals surface area contributed by atoms with E-state index in [2.05, 4.69) is 9.95 Å². The van der Waals surface area contributed by atoms with Gasteiger partial charge in [-0.15, -0.1) is 0 Å². The number of urea groups is 1. The second kappa shape index (κ2) is 5.45. The van der Waals surface area contributed by atoms with Crippen molar-refractivity contribution in [1.29, 1.82) is 0 Å². The molecule has 3 rings (SSSR count). The first-order chi connectivity index (χ1) is 12.3. The average molecular weight is 390 g/mol. The summed E-state index contributed by atoms with van der Waals surface area (Å²) in [5.41, 5.74) is -5.93. The molecule has 1 saturated heterocycles. The summed E-state index contributed by atoms with van der Waals surface area (Å²) in [5.74, 6) is -1.14. The highest BCUT2D eigenvalue weighted by molar-refractivity contribution is 6.25. The summed E-state index contributed by atoms with van der Waals surface area (Å²) in [5, 5.41) is 3.47. The molecule has 0 radical (unpaired) electrons. The molecule has 12 heteroatoms. The summed E-state index contributed by atoms with van der Waals surface area (Å²) >= 11 is 0. The minimum Gasteiger partial charge on any atom is -0.271 e.